The van der Waals surface area contributed by atoms with Crippen LogP contribution in [0.3, 0.4) is 0 Å². The lowest BCUT2D eigenvalue weighted by Crippen LogP contribution is -2.41. The van der Waals surface area contributed by atoms with E-state index in [0.29, 0.717) is 0 Å². The van der Waals surface area contributed by atoms with Crippen molar-refractivity contribution in [1.29, 1.82) is 0 Å². The van der Waals surface area contributed by atoms with Crippen LogP contribution in [0.1, 0.15) is 25.7 Å². The molecule has 1 N–H and O–H groups in total. The number of hydrogen-bond acceptors (Lipinski definition) is 2. The molecule has 4 nitrogen and oxygen atoms in total. The minimum absolute atomic E-state index is 0.0862. The number of carbonyl (C=O) groups is 2. The third kappa shape index (κ3) is 1.99. The molecule has 0 atom stereocenters. The summed E-state index contributed by atoms with van der Waals surface area (Å²) in [5.41, 5.74) is 0. The van der Waals surface area contributed by atoms with E-state index in [-0.39, 0.29) is 17.9 Å². The Morgan fingerprint density at radius 1 is 1.15 bits per heavy atom. The van der Waals surface area contributed by atoms with E-state index >= 15 is 0 Å². The maximum atomic E-state index is 11.4. The van der Waals surface area contributed by atoms with E-state index in [1.54, 1.807) is 4.90 Å². The first-order valence-electron chi connectivity index (χ1n) is 4.87. The Labute approximate surface area is 77.3 Å². The SMILES string of the molecule is O=C(NC(=O)N1CCCC1)C1CC1. The smallest absolute Gasteiger partial charge is 0.324 e. The van der Waals surface area contributed by atoms with Crippen LogP contribution in [0, 0.1) is 5.92 Å². The van der Waals surface area contributed by atoms with Gasteiger partial charge in [0.25, 0.3) is 0 Å². The molecule has 1 aliphatic carbocycles. The summed E-state index contributed by atoms with van der Waals surface area (Å²) in [4.78, 5) is 24.3. The lowest BCUT2D eigenvalue weighted by molar-refractivity contribution is -0.121. The van der Waals surface area contributed by atoms with Gasteiger partial charge in [-0.1, -0.05) is 0 Å². The van der Waals surface area contributed by atoms with Crippen LogP contribution in [-0.2, 0) is 4.79 Å². The normalized spacial score (nSPS) is 21.7. The van der Waals surface area contributed by atoms with Crippen LogP contribution in [0.25, 0.3) is 0 Å². The minimum Gasteiger partial charge on any atom is -0.324 e. The van der Waals surface area contributed by atoms with Crippen molar-refractivity contribution in [3.8, 4) is 0 Å². The molecule has 0 bridgehead atoms. The van der Waals surface area contributed by atoms with Crippen molar-refractivity contribution in [2.24, 2.45) is 5.92 Å². The van der Waals surface area contributed by atoms with Gasteiger partial charge in [0.05, 0.1) is 0 Å². The van der Waals surface area contributed by atoms with Crippen LogP contribution in [0.5, 0.6) is 0 Å². The van der Waals surface area contributed by atoms with Gasteiger partial charge in [0.15, 0.2) is 0 Å². The van der Waals surface area contributed by atoms with Gasteiger partial charge in [-0.15, -0.1) is 0 Å². The fourth-order valence-corrected chi connectivity index (χ4v) is 1.55. The maximum Gasteiger partial charge on any atom is 0.324 e. The van der Waals surface area contributed by atoms with Crippen molar-refractivity contribution >= 4 is 11.9 Å². The zero-order chi connectivity index (χ0) is 9.26. The van der Waals surface area contributed by atoms with Gasteiger partial charge in [0.1, 0.15) is 0 Å². The summed E-state index contributed by atoms with van der Waals surface area (Å²) in [5, 5.41) is 2.43. The van der Waals surface area contributed by atoms with E-state index in [2.05, 4.69) is 5.32 Å². The highest BCUT2D eigenvalue weighted by Gasteiger charge is 2.31. The van der Waals surface area contributed by atoms with E-state index in [1.165, 1.54) is 0 Å². The first-order valence-corrected chi connectivity index (χ1v) is 4.87. The van der Waals surface area contributed by atoms with Crippen LogP contribution in [0.2, 0.25) is 0 Å². The van der Waals surface area contributed by atoms with Crippen molar-refractivity contribution in [2.45, 2.75) is 25.7 Å². The molecule has 0 aromatic rings. The number of carbonyl (C=O) groups excluding carboxylic acids is 2. The van der Waals surface area contributed by atoms with Crippen LogP contribution < -0.4 is 5.32 Å². The molecule has 2 rings (SSSR count). The van der Waals surface area contributed by atoms with Crippen LogP contribution in [0.15, 0.2) is 0 Å². The monoisotopic (exact) mass is 182 g/mol. The average molecular weight is 182 g/mol. The number of hydrogen-bond donors (Lipinski definition) is 1. The zero-order valence-electron chi connectivity index (χ0n) is 7.58. The molecule has 2 fully saturated rings. The Hall–Kier alpha value is -1.06. The molecule has 0 spiro atoms. The van der Waals surface area contributed by atoms with Gasteiger partial charge in [-0.05, 0) is 25.7 Å². The molecule has 0 unspecified atom stereocenters. The van der Waals surface area contributed by atoms with Crippen molar-refractivity contribution < 1.29 is 9.59 Å². The highest BCUT2D eigenvalue weighted by molar-refractivity contribution is 5.96. The van der Waals surface area contributed by atoms with Crippen LogP contribution >= 0.6 is 0 Å². The third-order valence-corrected chi connectivity index (χ3v) is 2.57. The number of imide groups is 1. The zero-order valence-corrected chi connectivity index (χ0v) is 7.58. The Morgan fingerprint density at radius 2 is 1.77 bits per heavy atom. The van der Waals surface area contributed by atoms with Gasteiger partial charge < -0.3 is 4.90 Å². The molecule has 13 heavy (non-hydrogen) atoms. The van der Waals surface area contributed by atoms with E-state index in [0.717, 1.165) is 38.8 Å². The first-order chi connectivity index (χ1) is 6.27. The van der Waals surface area contributed by atoms with Crippen molar-refractivity contribution in [2.75, 3.05) is 13.1 Å². The van der Waals surface area contributed by atoms with E-state index in [1.807, 2.05) is 0 Å². The highest BCUT2D eigenvalue weighted by Crippen LogP contribution is 2.28. The molecular weight excluding hydrogens is 168 g/mol. The molecule has 0 aromatic carbocycles. The largest absolute Gasteiger partial charge is 0.324 e. The molecule has 0 radical (unpaired) electrons. The summed E-state index contributed by atoms with van der Waals surface area (Å²) in [7, 11) is 0. The molecule has 1 aliphatic heterocycles. The number of amides is 3. The molecule has 0 aromatic heterocycles. The predicted octanol–water partition coefficient (Wildman–Crippen LogP) is 0.728. The van der Waals surface area contributed by atoms with Gasteiger partial charge in [-0.25, -0.2) is 4.79 Å². The summed E-state index contributed by atoms with van der Waals surface area (Å²) in [5.74, 6) is 0.0310. The fourth-order valence-electron chi connectivity index (χ4n) is 1.55. The van der Waals surface area contributed by atoms with E-state index in [9.17, 15) is 9.59 Å². The molecule has 72 valence electrons. The van der Waals surface area contributed by atoms with Crippen molar-refractivity contribution in [1.82, 2.24) is 10.2 Å². The van der Waals surface area contributed by atoms with Gasteiger partial charge in [0, 0.05) is 19.0 Å². The minimum atomic E-state index is -0.200. The van der Waals surface area contributed by atoms with Gasteiger partial charge in [0.2, 0.25) is 5.91 Å². The lowest BCUT2D eigenvalue weighted by atomic mass is 10.4. The molecule has 1 saturated carbocycles. The maximum absolute atomic E-state index is 11.4. The van der Waals surface area contributed by atoms with Crippen molar-refractivity contribution in [3.05, 3.63) is 0 Å². The highest BCUT2D eigenvalue weighted by atomic mass is 16.2. The number of likely N-dealkylation sites (tertiary alicyclic amines) is 1. The Kier molecular flexibility index (Phi) is 2.20. The average Bonchev–Trinajstić information content (AvgIpc) is 2.81. The summed E-state index contributed by atoms with van der Waals surface area (Å²) >= 11 is 0. The lowest BCUT2D eigenvalue weighted by Gasteiger charge is -2.14. The number of rotatable bonds is 1. The number of nitrogens with one attached hydrogen (secondary N) is 1. The third-order valence-electron chi connectivity index (χ3n) is 2.57. The second kappa shape index (κ2) is 3.36. The standard InChI is InChI=1S/C9H14N2O2/c12-8(7-3-4-7)10-9(13)11-5-1-2-6-11/h7H,1-6H2,(H,10,12,13). The van der Waals surface area contributed by atoms with E-state index < -0.39 is 0 Å². The molecular formula is C9H14N2O2. The molecule has 1 saturated heterocycles. The number of urea groups is 1. The molecule has 1 heterocycles. The van der Waals surface area contributed by atoms with Crippen LogP contribution in [-0.4, -0.2) is 29.9 Å². The summed E-state index contributed by atoms with van der Waals surface area (Å²) < 4.78 is 0. The summed E-state index contributed by atoms with van der Waals surface area (Å²) in [6.45, 7) is 1.59. The summed E-state index contributed by atoms with van der Waals surface area (Å²) in [6, 6.07) is -0.200. The molecule has 4 heteroatoms. The number of nitrogens with zero attached hydrogens (tertiary/aromatic N) is 1. The second-order valence-corrected chi connectivity index (χ2v) is 3.76. The van der Waals surface area contributed by atoms with Gasteiger partial charge in [-0.2, -0.15) is 0 Å². The second-order valence-electron chi connectivity index (χ2n) is 3.76. The molecule has 3 amide bonds. The topological polar surface area (TPSA) is 49.4 Å². The van der Waals surface area contributed by atoms with Crippen LogP contribution in [0.4, 0.5) is 4.79 Å². The first kappa shape index (κ1) is 8.53. The Balaban J connectivity index is 1.79. The Morgan fingerprint density at radius 3 is 2.31 bits per heavy atom. The quantitative estimate of drug-likeness (QED) is 0.650. The van der Waals surface area contributed by atoms with E-state index in [4.69, 9.17) is 0 Å². The summed E-state index contributed by atoms with van der Waals surface area (Å²) in [6.07, 6.45) is 4.01. The van der Waals surface area contributed by atoms with Crippen molar-refractivity contribution in [3.63, 3.8) is 0 Å². The molecule has 2 aliphatic rings. The fraction of sp³-hybridized carbons (Fsp3) is 0.778. The van der Waals surface area contributed by atoms with Gasteiger partial charge in [-0.3, -0.25) is 10.1 Å². The van der Waals surface area contributed by atoms with Gasteiger partial charge >= 0.3 is 6.03 Å². The predicted molar refractivity (Wildman–Crippen MR) is 47.1 cm³/mol. The Bertz CT molecular complexity index is 230.